The second kappa shape index (κ2) is 9.61. The summed E-state index contributed by atoms with van der Waals surface area (Å²) in [6.07, 6.45) is 10.6. The summed E-state index contributed by atoms with van der Waals surface area (Å²) in [5, 5.41) is 11.0. The molecule has 0 spiro atoms. The second-order valence-corrected chi connectivity index (χ2v) is 5.80. The van der Waals surface area contributed by atoms with Gasteiger partial charge in [0.15, 0.2) is 11.8 Å². The predicted molar refractivity (Wildman–Crippen MR) is 107 cm³/mol. The third-order valence-electron chi connectivity index (χ3n) is 4.01. The summed E-state index contributed by atoms with van der Waals surface area (Å²) in [7, 11) is 0. The molecule has 0 atom stereocenters. The molecule has 24 heavy (non-hydrogen) atoms. The molecule has 2 heterocycles. The molecule has 6 nitrogen and oxygen atoms in total. The van der Waals surface area contributed by atoms with Gasteiger partial charge in [0.2, 0.25) is 0 Å². The molecule has 3 rings (SSSR count). The zero-order valence-electron chi connectivity index (χ0n) is 14.0. The van der Waals surface area contributed by atoms with E-state index in [1.54, 1.807) is 10.9 Å². The Labute approximate surface area is 160 Å². The van der Waals surface area contributed by atoms with Crippen LogP contribution in [0, 0.1) is 0 Å². The van der Waals surface area contributed by atoms with E-state index in [0.29, 0.717) is 12.6 Å². The van der Waals surface area contributed by atoms with Crippen LogP contribution in [0.1, 0.15) is 38.2 Å². The van der Waals surface area contributed by atoms with E-state index in [0.717, 1.165) is 23.9 Å². The van der Waals surface area contributed by atoms with E-state index in [-0.39, 0.29) is 24.0 Å². The largest absolute Gasteiger partial charge is 0.357 e. The summed E-state index contributed by atoms with van der Waals surface area (Å²) >= 11 is 0. The average molecular weight is 440 g/mol. The molecule has 0 saturated heterocycles. The van der Waals surface area contributed by atoms with E-state index in [9.17, 15) is 0 Å². The summed E-state index contributed by atoms with van der Waals surface area (Å²) in [6, 6.07) is 6.46. The summed E-state index contributed by atoms with van der Waals surface area (Å²) in [5.41, 5.74) is 1.09. The lowest BCUT2D eigenvalue weighted by Crippen LogP contribution is -2.42. The Balaban J connectivity index is 0.00000208. The van der Waals surface area contributed by atoms with Crippen molar-refractivity contribution >= 4 is 29.9 Å². The number of hydrogen-bond acceptors (Lipinski definition) is 3. The van der Waals surface area contributed by atoms with Crippen LogP contribution in [-0.4, -0.2) is 33.3 Å². The van der Waals surface area contributed by atoms with Crippen molar-refractivity contribution in [3.63, 3.8) is 0 Å². The van der Waals surface area contributed by atoms with Crippen LogP contribution in [0.2, 0.25) is 0 Å². The monoisotopic (exact) mass is 440 g/mol. The Kier molecular flexibility index (Phi) is 7.48. The SMILES string of the molecule is CCNC(=NCc1ccc(-n2cccn2)nc1)NC1CCCC1.I. The molecular formula is C17H25IN6. The van der Waals surface area contributed by atoms with Crippen LogP contribution in [0.3, 0.4) is 0 Å². The van der Waals surface area contributed by atoms with E-state index in [4.69, 9.17) is 0 Å². The molecule has 2 N–H and O–H groups in total. The number of hydrogen-bond donors (Lipinski definition) is 2. The summed E-state index contributed by atoms with van der Waals surface area (Å²) in [5.74, 6) is 1.72. The van der Waals surface area contributed by atoms with Crippen molar-refractivity contribution < 1.29 is 0 Å². The highest BCUT2D eigenvalue weighted by atomic mass is 127. The minimum Gasteiger partial charge on any atom is -0.357 e. The Hall–Kier alpha value is -1.64. The molecule has 0 aliphatic heterocycles. The van der Waals surface area contributed by atoms with Crippen molar-refractivity contribution in [3.05, 3.63) is 42.4 Å². The van der Waals surface area contributed by atoms with Crippen LogP contribution in [0.4, 0.5) is 0 Å². The molecule has 1 aliphatic carbocycles. The van der Waals surface area contributed by atoms with Gasteiger partial charge >= 0.3 is 0 Å². The zero-order chi connectivity index (χ0) is 15.9. The summed E-state index contributed by atoms with van der Waals surface area (Å²) in [4.78, 5) is 9.11. The van der Waals surface area contributed by atoms with Gasteiger partial charge in [-0.15, -0.1) is 24.0 Å². The fraction of sp³-hybridized carbons (Fsp3) is 0.471. The molecular weight excluding hydrogens is 415 g/mol. The van der Waals surface area contributed by atoms with E-state index >= 15 is 0 Å². The molecule has 2 aromatic heterocycles. The van der Waals surface area contributed by atoms with Crippen LogP contribution >= 0.6 is 24.0 Å². The topological polar surface area (TPSA) is 67.1 Å². The molecule has 0 aromatic carbocycles. The third kappa shape index (κ3) is 5.19. The van der Waals surface area contributed by atoms with Gasteiger partial charge in [0.25, 0.3) is 0 Å². The van der Waals surface area contributed by atoms with Crippen molar-refractivity contribution in [2.75, 3.05) is 6.54 Å². The molecule has 2 aromatic rings. The number of pyridine rings is 1. The maximum absolute atomic E-state index is 4.67. The van der Waals surface area contributed by atoms with Crippen molar-refractivity contribution in [2.45, 2.75) is 45.2 Å². The van der Waals surface area contributed by atoms with Crippen LogP contribution in [0.5, 0.6) is 0 Å². The van der Waals surface area contributed by atoms with Crippen LogP contribution in [0.25, 0.3) is 5.82 Å². The van der Waals surface area contributed by atoms with Gasteiger partial charge in [-0.25, -0.2) is 14.7 Å². The molecule has 0 amide bonds. The van der Waals surface area contributed by atoms with E-state index in [1.807, 2.05) is 30.6 Å². The number of guanidine groups is 1. The first-order valence-corrected chi connectivity index (χ1v) is 8.35. The predicted octanol–water partition coefficient (Wildman–Crippen LogP) is 2.88. The Morgan fingerprint density at radius 1 is 1.33 bits per heavy atom. The van der Waals surface area contributed by atoms with Gasteiger partial charge < -0.3 is 10.6 Å². The molecule has 0 bridgehead atoms. The molecule has 1 fully saturated rings. The number of aromatic nitrogens is 3. The number of nitrogens with zero attached hydrogens (tertiary/aromatic N) is 4. The van der Waals surface area contributed by atoms with Gasteiger partial charge in [-0.2, -0.15) is 5.10 Å². The quantitative estimate of drug-likeness (QED) is 0.427. The smallest absolute Gasteiger partial charge is 0.191 e. The minimum atomic E-state index is 0. The van der Waals surface area contributed by atoms with Gasteiger partial charge in [0.1, 0.15) is 0 Å². The lowest BCUT2D eigenvalue weighted by molar-refractivity contribution is 0.614. The van der Waals surface area contributed by atoms with Gasteiger partial charge in [-0.05, 0) is 37.5 Å². The first-order chi connectivity index (χ1) is 11.3. The second-order valence-electron chi connectivity index (χ2n) is 5.80. The van der Waals surface area contributed by atoms with Crippen molar-refractivity contribution in [1.29, 1.82) is 0 Å². The van der Waals surface area contributed by atoms with Crippen LogP contribution in [0.15, 0.2) is 41.8 Å². The number of aliphatic imine (C=N–C) groups is 1. The van der Waals surface area contributed by atoms with Crippen molar-refractivity contribution in [2.24, 2.45) is 4.99 Å². The first-order valence-electron chi connectivity index (χ1n) is 8.35. The third-order valence-corrected chi connectivity index (χ3v) is 4.01. The first kappa shape index (κ1) is 18.7. The fourth-order valence-corrected chi connectivity index (χ4v) is 2.80. The maximum Gasteiger partial charge on any atom is 0.191 e. The highest BCUT2D eigenvalue weighted by Gasteiger charge is 2.15. The Bertz CT molecular complexity index is 617. The van der Waals surface area contributed by atoms with Gasteiger partial charge in [-0.3, -0.25) is 0 Å². The lowest BCUT2D eigenvalue weighted by Gasteiger charge is -2.16. The fourth-order valence-electron chi connectivity index (χ4n) is 2.80. The number of nitrogens with one attached hydrogen (secondary N) is 2. The Morgan fingerprint density at radius 2 is 2.17 bits per heavy atom. The van der Waals surface area contributed by atoms with Gasteiger partial charge in [-0.1, -0.05) is 18.9 Å². The average Bonchev–Trinajstić information content (AvgIpc) is 3.27. The number of rotatable bonds is 5. The molecule has 7 heteroatoms. The van der Waals surface area contributed by atoms with E-state index in [1.165, 1.54) is 25.7 Å². The molecule has 130 valence electrons. The van der Waals surface area contributed by atoms with E-state index < -0.39 is 0 Å². The van der Waals surface area contributed by atoms with Gasteiger partial charge in [0, 0.05) is 31.2 Å². The molecule has 1 saturated carbocycles. The Morgan fingerprint density at radius 3 is 2.79 bits per heavy atom. The van der Waals surface area contributed by atoms with Crippen LogP contribution in [-0.2, 0) is 6.54 Å². The highest BCUT2D eigenvalue weighted by Crippen LogP contribution is 2.17. The highest BCUT2D eigenvalue weighted by molar-refractivity contribution is 14.0. The van der Waals surface area contributed by atoms with Gasteiger partial charge in [0.05, 0.1) is 6.54 Å². The van der Waals surface area contributed by atoms with Crippen LogP contribution < -0.4 is 10.6 Å². The van der Waals surface area contributed by atoms with E-state index in [2.05, 4.69) is 32.6 Å². The minimum absolute atomic E-state index is 0. The maximum atomic E-state index is 4.67. The standard InChI is InChI=1S/C17H24N6.HI/c1-2-18-17(22-15-6-3-4-7-15)20-13-14-8-9-16(19-12-14)23-11-5-10-21-23;/h5,8-12,15H,2-4,6-7,13H2,1H3,(H2,18,20,22);1H. The number of halogens is 1. The molecule has 1 aliphatic rings. The lowest BCUT2D eigenvalue weighted by atomic mass is 10.2. The summed E-state index contributed by atoms with van der Waals surface area (Å²) in [6.45, 7) is 3.58. The summed E-state index contributed by atoms with van der Waals surface area (Å²) < 4.78 is 1.75. The van der Waals surface area contributed by atoms with Crippen molar-refractivity contribution in [1.82, 2.24) is 25.4 Å². The normalized spacial score (nSPS) is 15.1. The molecule has 0 radical (unpaired) electrons. The van der Waals surface area contributed by atoms with Crippen molar-refractivity contribution in [3.8, 4) is 5.82 Å². The zero-order valence-corrected chi connectivity index (χ0v) is 16.3. The molecule has 0 unspecified atom stereocenters.